The largest absolute Gasteiger partial charge is 2.00 e. The van der Waals surface area contributed by atoms with Crippen LogP contribution in [0.25, 0.3) is 0 Å². The molecule has 7 nitrogen and oxygen atoms in total. The van der Waals surface area contributed by atoms with Gasteiger partial charge in [-0.15, -0.1) is 0 Å². The third kappa shape index (κ3) is 8.37. The maximum absolute atomic E-state index is 13.9. The van der Waals surface area contributed by atoms with Gasteiger partial charge in [-0.1, -0.05) is 133 Å². The molecule has 0 unspecified atom stereocenters. The zero-order valence-corrected chi connectivity index (χ0v) is 29.3. The molecule has 1 saturated heterocycles. The summed E-state index contributed by atoms with van der Waals surface area (Å²) in [5.74, 6) is -1.46. The summed E-state index contributed by atoms with van der Waals surface area (Å²) in [5.41, 5.74) is 6.57. The minimum absolute atomic E-state index is 0. The van der Waals surface area contributed by atoms with E-state index in [1.54, 1.807) is 0 Å². The molecule has 0 radical (unpaired) electrons. The van der Waals surface area contributed by atoms with E-state index in [0.29, 0.717) is 36.6 Å². The number of para-hydroxylation sites is 1. The zero-order chi connectivity index (χ0) is 34.3. The van der Waals surface area contributed by atoms with E-state index in [1.807, 2.05) is 109 Å². The topological polar surface area (TPSA) is 94.4 Å². The molecule has 2 heterocycles. The fraction of sp³-hybridized carbons (Fsp3) is 0.233. The van der Waals surface area contributed by atoms with Crippen LogP contribution >= 0.6 is 0 Å². The molecule has 0 saturated carbocycles. The first kappa shape index (κ1) is 35.9. The Bertz CT molecular complexity index is 1970. The van der Waals surface area contributed by atoms with Gasteiger partial charge in [0.1, 0.15) is 6.04 Å². The van der Waals surface area contributed by atoms with E-state index >= 15 is 0 Å². The third-order valence-corrected chi connectivity index (χ3v) is 9.79. The van der Waals surface area contributed by atoms with Crippen molar-refractivity contribution in [1.82, 2.24) is 9.80 Å². The summed E-state index contributed by atoms with van der Waals surface area (Å²) in [6, 6.07) is 43.1. The van der Waals surface area contributed by atoms with Crippen LogP contribution in [0.5, 0.6) is 0 Å². The summed E-state index contributed by atoms with van der Waals surface area (Å²) in [6.45, 7) is 2.76. The SMILES string of the molecule is O=C([O-])[C@@H](N=C(c1ccccc1)c1ccccc1N=C([O-])[C@@H]1CCCN1Cc1ccccc1)[C@@H]1c2ccccc2CCN1Cc1ccccc1.[Ni+2]. The van der Waals surface area contributed by atoms with Gasteiger partial charge in [-0.3, -0.25) is 19.8 Å². The van der Waals surface area contributed by atoms with Crippen molar-refractivity contribution in [3.05, 3.63) is 173 Å². The zero-order valence-electron chi connectivity index (χ0n) is 28.3. The molecule has 5 aromatic rings. The molecule has 260 valence electrons. The standard InChI is InChI=1S/C43H42N4O3.Ni/c48-42(38-25-14-27-46(38)29-31-15-4-1-5-16-31)44-37-24-13-12-23-36(37)39(34-20-8-3-9-21-34)45-40(43(49)50)41-35-22-11-10-19-33(35)26-28-47(41)30-32-17-6-2-7-18-32;/h1-13,15-24,38,40-41H,14,25-30H2,(H,44,48)(H,49,50);/q;+2/p-2/t38-,40-,41-;/m0./s1. The van der Waals surface area contributed by atoms with Crippen molar-refractivity contribution in [3.8, 4) is 0 Å². The number of aliphatic carboxylic acids is 1. The molecule has 8 heteroatoms. The Labute approximate surface area is 309 Å². The summed E-state index contributed by atoms with van der Waals surface area (Å²) < 4.78 is 0. The molecule has 0 spiro atoms. The quantitative estimate of drug-likeness (QED) is 0.102. The van der Waals surface area contributed by atoms with E-state index in [4.69, 9.17) is 9.98 Å². The summed E-state index contributed by atoms with van der Waals surface area (Å²) >= 11 is 0. The number of aliphatic imine (C=N–C) groups is 2. The molecule has 5 aromatic carbocycles. The van der Waals surface area contributed by atoms with Gasteiger partial charge >= 0.3 is 16.5 Å². The second kappa shape index (κ2) is 16.9. The molecular weight excluding hydrogens is 679 g/mol. The number of carbonyl (C=O) groups is 1. The first-order valence-electron chi connectivity index (χ1n) is 17.4. The van der Waals surface area contributed by atoms with E-state index in [2.05, 4.69) is 40.1 Å². The van der Waals surface area contributed by atoms with Gasteiger partial charge < -0.3 is 15.0 Å². The summed E-state index contributed by atoms with van der Waals surface area (Å²) in [7, 11) is 0. The van der Waals surface area contributed by atoms with Crippen molar-refractivity contribution >= 4 is 23.3 Å². The van der Waals surface area contributed by atoms with Gasteiger partial charge in [-0.2, -0.15) is 0 Å². The van der Waals surface area contributed by atoms with Crippen LogP contribution in [-0.2, 0) is 40.8 Å². The van der Waals surface area contributed by atoms with Crippen LogP contribution in [-0.4, -0.2) is 52.6 Å². The predicted octanol–water partition coefficient (Wildman–Crippen LogP) is 5.49. The Morgan fingerprint density at radius 3 is 1.98 bits per heavy atom. The van der Waals surface area contributed by atoms with Gasteiger partial charge in [0.25, 0.3) is 0 Å². The fourth-order valence-electron chi connectivity index (χ4n) is 7.38. The molecule has 51 heavy (non-hydrogen) atoms. The van der Waals surface area contributed by atoms with Gasteiger partial charge in [-0.05, 0) is 60.0 Å². The number of nitrogens with zero attached hydrogens (tertiary/aromatic N) is 4. The van der Waals surface area contributed by atoms with Crippen LogP contribution in [0.3, 0.4) is 0 Å². The first-order chi connectivity index (χ1) is 24.5. The van der Waals surface area contributed by atoms with Crippen molar-refractivity contribution in [1.29, 1.82) is 0 Å². The number of fused-ring (bicyclic) bond motifs is 1. The molecule has 0 aromatic heterocycles. The smallest absolute Gasteiger partial charge is 0.861 e. The van der Waals surface area contributed by atoms with E-state index in [9.17, 15) is 15.0 Å². The third-order valence-electron chi connectivity index (χ3n) is 9.79. The molecule has 1 fully saturated rings. The monoisotopic (exact) mass is 718 g/mol. The number of carbonyl (C=O) groups excluding carboxylic acids is 1. The number of rotatable bonds is 11. The van der Waals surface area contributed by atoms with Crippen molar-refractivity contribution in [2.75, 3.05) is 13.1 Å². The van der Waals surface area contributed by atoms with Crippen LogP contribution < -0.4 is 10.2 Å². The van der Waals surface area contributed by atoms with Crippen LogP contribution in [0.4, 0.5) is 5.69 Å². The van der Waals surface area contributed by atoms with Crippen LogP contribution in [0, 0.1) is 0 Å². The summed E-state index contributed by atoms with van der Waals surface area (Å²) in [6.07, 6.45) is 2.47. The summed E-state index contributed by atoms with van der Waals surface area (Å²) in [4.78, 5) is 27.5. The molecular formula is C43H40N4NiO3. The van der Waals surface area contributed by atoms with Gasteiger partial charge in [0, 0.05) is 36.8 Å². The number of benzene rings is 5. The van der Waals surface area contributed by atoms with Crippen LogP contribution in [0.2, 0.25) is 0 Å². The molecule has 0 aliphatic carbocycles. The predicted molar refractivity (Wildman–Crippen MR) is 194 cm³/mol. The maximum Gasteiger partial charge on any atom is 2.00 e. The number of hydrogen-bond acceptors (Lipinski definition) is 7. The Hall–Kier alpha value is -4.88. The van der Waals surface area contributed by atoms with Gasteiger partial charge in [0.2, 0.25) is 0 Å². The Balaban J connectivity index is 0.00000448. The van der Waals surface area contributed by atoms with Gasteiger partial charge in [0.15, 0.2) is 0 Å². The minimum Gasteiger partial charge on any atom is -0.861 e. The molecule has 0 N–H and O–H groups in total. The molecule has 7 rings (SSSR count). The van der Waals surface area contributed by atoms with Crippen molar-refractivity contribution in [2.45, 2.75) is 50.5 Å². The maximum atomic E-state index is 13.9. The van der Waals surface area contributed by atoms with E-state index in [-0.39, 0.29) is 28.4 Å². The average molecular weight is 720 g/mol. The van der Waals surface area contributed by atoms with E-state index in [1.165, 1.54) is 0 Å². The van der Waals surface area contributed by atoms with Crippen LogP contribution in [0.15, 0.2) is 150 Å². The van der Waals surface area contributed by atoms with Gasteiger partial charge in [-0.25, -0.2) is 0 Å². The number of likely N-dealkylation sites (tertiary alicyclic amines) is 1. The van der Waals surface area contributed by atoms with Crippen LogP contribution in [0.1, 0.15) is 52.3 Å². The molecule has 0 amide bonds. The Morgan fingerprint density at radius 2 is 1.29 bits per heavy atom. The van der Waals surface area contributed by atoms with Gasteiger partial charge in [0.05, 0.1) is 23.4 Å². The molecule has 2 aliphatic rings. The van der Waals surface area contributed by atoms with Crippen molar-refractivity contribution < 1.29 is 31.5 Å². The second-order valence-corrected chi connectivity index (χ2v) is 13.0. The Morgan fingerprint density at radius 1 is 0.706 bits per heavy atom. The number of hydrogen-bond donors (Lipinski definition) is 0. The number of carboxylic acid groups (broad SMARTS) is 1. The van der Waals surface area contributed by atoms with E-state index < -0.39 is 18.1 Å². The molecule has 2 aliphatic heterocycles. The normalized spacial score (nSPS) is 18.8. The number of carboxylic acids is 1. The summed E-state index contributed by atoms with van der Waals surface area (Å²) in [5, 5.41) is 27.2. The average Bonchev–Trinajstić information content (AvgIpc) is 3.62. The molecule has 0 bridgehead atoms. The van der Waals surface area contributed by atoms with Crippen molar-refractivity contribution in [2.24, 2.45) is 9.98 Å². The molecule has 3 atom stereocenters. The first-order valence-corrected chi connectivity index (χ1v) is 17.4. The Kier molecular flexibility index (Phi) is 11.9. The second-order valence-electron chi connectivity index (χ2n) is 13.0. The fourth-order valence-corrected chi connectivity index (χ4v) is 7.38. The minimum atomic E-state index is -1.26. The van der Waals surface area contributed by atoms with Crippen molar-refractivity contribution in [3.63, 3.8) is 0 Å². The van der Waals surface area contributed by atoms with E-state index in [0.717, 1.165) is 53.6 Å².